The van der Waals surface area contributed by atoms with Crippen LogP contribution in [0.3, 0.4) is 0 Å². The number of piperidine rings is 1. The maximum absolute atomic E-state index is 12.3. The predicted molar refractivity (Wildman–Crippen MR) is 114 cm³/mol. The van der Waals surface area contributed by atoms with Gasteiger partial charge < -0.3 is 23.5 Å². The molecular weight excluding hydrogens is 390 g/mol. The summed E-state index contributed by atoms with van der Waals surface area (Å²) in [5, 5.41) is 0.0909. The molecule has 0 saturated carbocycles. The Bertz CT molecular complexity index is 643. The van der Waals surface area contributed by atoms with Crippen LogP contribution in [-0.4, -0.2) is 63.5 Å². The summed E-state index contributed by atoms with van der Waals surface area (Å²) in [4.78, 5) is 25.7. The lowest BCUT2D eigenvalue weighted by atomic mass is 9.92. The molecular formula is C21H37NO6Si. The van der Waals surface area contributed by atoms with Gasteiger partial charge in [0.1, 0.15) is 5.60 Å². The third kappa shape index (κ3) is 7.90. The highest BCUT2D eigenvalue weighted by molar-refractivity contribution is 6.74. The van der Waals surface area contributed by atoms with Gasteiger partial charge in [0.05, 0.1) is 13.7 Å². The molecule has 1 aliphatic rings. The van der Waals surface area contributed by atoms with Gasteiger partial charge in [0.25, 0.3) is 0 Å². The summed E-state index contributed by atoms with van der Waals surface area (Å²) in [7, 11) is -0.644. The standard InChI is InChI=1S/C21H37NO6Si/c1-19(2,3)27-17(23)22-14-12-21(13-15-22,28-18(24)25-7)11-10-16-26-29(8,9)20(4,5)6/h12-16H2,1-9H3. The third-order valence-corrected chi connectivity index (χ3v) is 9.77. The van der Waals surface area contributed by atoms with Gasteiger partial charge in [-0.2, -0.15) is 0 Å². The van der Waals surface area contributed by atoms with Gasteiger partial charge in [-0.3, -0.25) is 0 Å². The summed E-state index contributed by atoms with van der Waals surface area (Å²) in [5.41, 5.74) is -1.56. The molecule has 0 radical (unpaired) electrons. The van der Waals surface area contributed by atoms with Crippen molar-refractivity contribution in [2.24, 2.45) is 0 Å². The molecule has 0 atom stereocenters. The minimum atomic E-state index is -1.91. The van der Waals surface area contributed by atoms with Crippen LogP contribution in [0.2, 0.25) is 18.1 Å². The third-order valence-electron chi connectivity index (χ3n) is 5.30. The number of carbonyl (C=O) groups is 2. The molecule has 1 aliphatic heterocycles. The molecule has 0 aromatic heterocycles. The quantitative estimate of drug-likeness (QED) is 0.373. The lowest BCUT2D eigenvalue weighted by molar-refractivity contribution is -0.0339. The van der Waals surface area contributed by atoms with Gasteiger partial charge in [-0.1, -0.05) is 32.6 Å². The Hall–Kier alpha value is -1.72. The molecule has 29 heavy (non-hydrogen) atoms. The summed E-state index contributed by atoms with van der Waals surface area (Å²) >= 11 is 0. The van der Waals surface area contributed by atoms with Crippen molar-refractivity contribution in [1.29, 1.82) is 0 Å². The van der Waals surface area contributed by atoms with E-state index in [1.165, 1.54) is 7.11 Å². The van der Waals surface area contributed by atoms with Crippen LogP contribution in [0.5, 0.6) is 0 Å². The molecule has 0 aliphatic carbocycles. The molecule has 0 N–H and O–H groups in total. The van der Waals surface area contributed by atoms with Crippen molar-refractivity contribution in [3.05, 3.63) is 0 Å². The van der Waals surface area contributed by atoms with Crippen molar-refractivity contribution in [2.45, 2.75) is 83.7 Å². The molecule has 1 saturated heterocycles. The van der Waals surface area contributed by atoms with Gasteiger partial charge >= 0.3 is 12.2 Å². The number of methoxy groups -OCH3 is 1. The lowest BCUT2D eigenvalue weighted by Gasteiger charge is -2.38. The molecule has 0 aromatic rings. The number of ether oxygens (including phenoxy) is 3. The Labute approximate surface area is 176 Å². The first-order valence-electron chi connectivity index (χ1n) is 10.00. The molecule has 7 nitrogen and oxygen atoms in total. The molecule has 8 heteroatoms. The molecule has 1 fully saturated rings. The van der Waals surface area contributed by atoms with Crippen LogP contribution < -0.4 is 0 Å². The van der Waals surface area contributed by atoms with Gasteiger partial charge in [-0.15, -0.1) is 0 Å². The van der Waals surface area contributed by atoms with Crippen LogP contribution in [0.4, 0.5) is 9.59 Å². The molecule has 1 rings (SSSR count). The largest absolute Gasteiger partial charge is 0.509 e. The normalized spacial score (nSPS) is 17.1. The van der Waals surface area contributed by atoms with Crippen LogP contribution in [0.25, 0.3) is 0 Å². The van der Waals surface area contributed by atoms with E-state index >= 15 is 0 Å². The van der Waals surface area contributed by atoms with Gasteiger partial charge in [0.2, 0.25) is 0 Å². The van der Waals surface area contributed by atoms with Crippen molar-refractivity contribution >= 4 is 20.6 Å². The summed E-state index contributed by atoms with van der Waals surface area (Å²) in [6.45, 7) is 17.3. The second kappa shape index (κ2) is 9.39. The number of amides is 1. The maximum Gasteiger partial charge on any atom is 0.509 e. The van der Waals surface area contributed by atoms with E-state index < -0.39 is 25.7 Å². The Morgan fingerprint density at radius 2 is 1.62 bits per heavy atom. The monoisotopic (exact) mass is 427 g/mol. The van der Waals surface area contributed by atoms with Crippen LogP contribution in [-0.2, 0) is 18.6 Å². The maximum atomic E-state index is 12.3. The molecule has 0 bridgehead atoms. The first-order chi connectivity index (χ1) is 13.1. The van der Waals surface area contributed by atoms with Crippen molar-refractivity contribution < 1.29 is 28.2 Å². The number of hydrogen-bond donors (Lipinski definition) is 0. The van der Waals surface area contributed by atoms with Gasteiger partial charge in [0.15, 0.2) is 13.9 Å². The highest BCUT2D eigenvalue weighted by atomic mass is 28.4. The fourth-order valence-electron chi connectivity index (χ4n) is 2.46. The summed E-state index contributed by atoms with van der Waals surface area (Å²) < 4.78 is 21.7. The van der Waals surface area contributed by atoms with Crippen LogP contribution in [0.1, 0.15) is 54.4 Å². The Balaban J connectivity index is 2.83. The molecule has 166 valence electrons. The van der Waals surface area contributed by atoms with Gasteiger partial charge in [0, 0.05) is 25.9 Å². The molecule has 0 unspecified atom stereocenters. The Morgan fingerprint density at radius 3 is 2.07 bits per heavy atom. The van der Waals surface area contributed by atoms with Gasteiger partial charge in [-0.05, 0) is 38.9 Å². The topological polar surface area (TPSA) is 74.3 Å². The smallest absolute Gasteiger partial charge is 0.444 e. The minimum Gasteiger partial charge on any atom is -0.444 e. The minimum absolute atomic E-state index is 0.0909. The number of rotatable bonds is 3. The average molecular weight is 428 g/mol. The molecule has 1 heterocycles. The highest BCUT2D eigenvalue weighted by Crippen LogP contribution is 2.36. The van der Waals surface area contributed by atoms with E-state index in [9.17, 15) is 9.59 Å². The zero-order valence-electron chi connectivity index (χ0n) is 19.4. The molecule has 1 amide bonds. The van der Waals surface area contributed by atoms with Crippen LogP contribution in [0, 0.1) is 11.8 Å². The fourth-order valence-corrected chi connectivity index (χ4v) is 3.33. The number of likely N-dealkylation sites (tertiary alicyclic amines) is 1. The van der Waals surface area contributed by atoms with E-state index in [-0.39, 0.29) is 17.7 Å². The summed E-state index contributed by atoms with van der Waals surface area (Å²) in [6, 6.07) is 0. The Kier molecular flexibility index (Phi) is 8.20. The van der Waals surface area contributed by atoms with Gasteiger partial charge in [-0.25, -0.2) is 9.59 Å². The second-order valence-electron chi connectivity index (χ2n) is 9.87. The van der Waals surface area contributed by atoms with E-state index in [1.54, 1.807) is 4.90 Å². The second-order valence-corrected chi connectivity index (χ2v) is 14.7. The number of hydrogen-bond acceptors (Lipinski definition) is 6. The van der Waals surface area contributed by atoms with E-state index in [1.807, 2.05) is 20.8 Å². The number of carbonyl (C=O) groups excluding carboxylic acids is 2. The van der Waals surface area contributed by atoms with Crippen LogP contribution >= 0.6 is 0 Å². The van der Waals surface area contributed by atoms with Crippen LogP contribution in [0.15, 0.2) is 0 Å². The zero-order valence-corrected chi connectivity index (χ0v) is 20.4. The van der Waals surface area contributed by atoms with Crippen molar-refractivity contribution in [1.82, 2.24) is 4.90 Å². The lowest BCUT2D eigenvalue weighted by Crippen LogP contribution is -2.49. The first kappa shape index (κ1) is 25.3. The summed E-state index contributed by atoms with van der Waals surface area (Å²) in [6.07, 6.45) is -0.392. The zero-order chi connectivity index (χ0) is 22.5. The van der Waals surface area contributed by atoms with Crippen molar-refractivity contribution in [2.75, 3.05) is 26.8 Å². The molecule has 0 aromatic carbocycles. The van der Waals surface area contributed by atoms with Crippen molar-refractivity contribution in [3.8, 4) is 11.8 Å². The predicted octanol–water partition coefficient (Wildman–Crippen LogP) is 4.56. The van der Waals surface area contributed by atoms with Crippen molar-refractivity contribution in [3.63, 3.8) is 0 Å². The van der Waals surface area contributed by atoms with E-state index in [4.69, 9.17) is 13.9 Å². The average Bonchev–Trinajstić information content (AvgIpc) is 2.57. The highest BCUT2D eigenvalue weighted by Gasteiger charge is 2.40. The van der Waals surface area contributed by atoms with E-state index in [0.717, 1.165) is 0 Å². The van der Waals surface area contributed by atoms with E-state index in [2.05, 4.69) is 50.4 Å². The first-order valence-corrected chi connectivity index (χ1v) is 12.9. The fraction of sp³-hybridized carbons (Fsp3) is 0.810. The molecule has 0 spiro atoms. The Morgan fingerprint density at radius 1 is 1.07 bits per heavy atom. The van der Waals surface area contributed by atoms with E-state index in [0.29, 0.717) is 25.9 Å². The summed E-state index contributed by atoms with van der Waals surface area (Å²) in [5.74, 6) is 6.11. The number of nitrogens with zero attached hydrogens (tertiary/aromatic N) is 1. The SMILES string of the molecule is COC(=O)OC1(C#CCO[Si](C)(C)C(C)(C)C)CCN(C(=O)OC(C)(C)C)CC1.